The fourth-order valence-electron chi connectivity index (χ4n) is 4.67. The summed E-state index contributed by atoms with van der Waals surface area (Å²) in [6.45, 7) is 2.89. The molecule has 9 nitrogen and oxygen atoms in total. The molecule has 1 fully saturated rings. The van der Waals surface area contributed by atoms with Crippen LogP contribution in [0.4, 0.5) is 5.69 Å². The van der Waals surface area contributed by atoms with Crippen molar-refractivity contribution in [3.8, 4) is 5.75 Å². The summed E-state index contributed by atoms with van der Waals surface area (Å²) in [7, 11) is 0. The molecule has 37 heavy (non-hydrogen) atoms. The summed E-state index contributed by atoms with van der Waals surface area (Å²) in [5.74, 6) is -1.41. The van der Waals surface area contributed by atoms with Gasteiger partial charge in [0, 0.05) is 25.2 Å². The van der Waals surface area contributed by atoms with Crippen molar-refractivity contribution in [3.63, 3.8) is 0 Å². The average Bonchev–Trinajstić information content (AvgIpc) is 2.90. The van der Waals surface area contributed by atoms with E-state index in [-0.39, 0.29) is 18.1 Å². The lowest BCUT2D eigenvalue weighted by atomic mass is 9.92. The Hall–Kier alpha value is -3.98. The highest BCUT2D eigenvalue weighted by Gasteiger charge is 2.23. The molecule has 1 aliphatic rings. The van der Waals surface area contributed by atoms with Crippen molar-refractivity contribution in [1.82, 2.24) is 15.3 Å². The Morgan fingerprint density at radius 3 is 2.41 bits per heavy atom. The van der Waals surface area contributed by atoms with E-state index in [2.05, 4.69) is 50.5 Å². The number of aromatic nitrogens is 2. The maximum atomic E-state index is 12.3. The Kier molecular flexibility index (Phi) is 8.35. The molecule has 0 radical (unpaired) electrons. The predicted molar refractivity (Wildman–Crippen MR) is 139 cm³/mol. The number of piperidine rings is 1. The highest BCUT2D eigenvalue weighted by Crippen LogP contribution is 2.27. The molecule has 3 aromatic rings. The van der Waals surface area contributed by atoms with Crippen molar-refractivity contribution in [3.05, 3.63) is 82.4 Å². The van der Waals surface area contributed by atoms with E-state index in [9.17, 15) is 19.8 Å². The van der Waals surface area contributed by atoms with Crippen LogP contribution >= 0.6 is 0 Å². The molecule has 194 valence electrons. The zero-order valence-corrected chi connectivity index (χ0v) is 20.9. The van der Waals surface area contributed by atoms with Crippen LogP contribution < -0.4 is 10.2 Å². The Labute approximate surface area is 215 Å². The number of hydrogen-bond donors (Lipinski definition) is 4. The van der Waals surface area contributed by atoms with Gasteiger partial charge in [-0.15, -0.1) is 0 Å². The molecule has 0 spiro atoms. The molecule has 0 unspecified atom stereocenters. The van der Waals surface area contributed by atoms with Gasteiger partial charge in [0.2, 0.25) is 0 Å². The second-order valence-corrected chi connectivity index (χ2v) is 9.45. The second kappa shape index (κ2) is 11.8. The predicted octanol–water partition coefficient (Wildman–Crippen LogP) is 2.85. The van der Waals surface area contributed by atoms with Gasteiger partial charge in [-0.25, -0.2) is 9.97 Å². The average molecular weight is 505 g/mol. The van der Waals surface area contributed by atoms with Crippen molar-refractivity contribution in [2.75, 3.05) is 24.5 Å². The Balaban J connectivity index is 1.33. The molecule has 2 heterocycles. The number of carboxylic acids is 1. The van der Waals surface area contributed by atoms with Crippen molar-refractivity contribution in [1.29, 1.82) is 0 Å². The van der Waals surface area contributed by atoms with Crippen molar-refractivity contribution >= 4 is 17.6 Å². The Morgan fingerprint density at radius 1 is 1.03 bits per heavy atom. The summed E-state index contributed by atoms with van der Waals surface area (Å²) in [6, 6.07) is 16.6. The van der Waals surface area contributed by atoms with Crippen molar-refractivity contribution < 1.29 is 24.9 Å². The van der Waals surface area contributed by atoms with E-state index in [1.807, 2.05) is 18.2 Å². The van der Waals surface area contributed by atoms with Crippen LogP contribution in [-0.2, 0) is 24.2 Å². The minimum Gasteiger partial charge on any atom is -0.504 e. The van der Waals surface area contributed by atoms with Crippen LogP contribution in [0.1, 0.15) is 51.5 Å². The Bertz CT molecular complexity index is 1250. The van der Waals surface area contributed by atoms with Gasteiger partial charge in [-0.1, -0.05) is 36.4 Å². The number of aliphatic hydroxyl groups is 1. The summed E-state index contributed by atoms with van der Waals surface area (Å²) in [5.41, 5.74) is 4.60. The standard InChI is InChI=1S/C28H32N4O5/c1-18-27(36)26(28(37)29-16-25(34)35)31-24(30-18)15-20-9-11-32(12-10-20)23-7-5-19(6-8-23)13-21-3-2-4-22(14-21)17-33/h2-8,14,20,33,36H,9-13,15-17H2,1H3,(H,29,37)(H,34,35). The summed E-state index contributed by atoms with van der Waals surface area (Å²) >= 11 is 0. The fourth-order valence-corrected chi connectivity index (χ4v) is 4.67. The number of aryl methyl sites for hydroxylation is 1. The number of aromatic hydroxyl groups is 1. The Morgan fingerprint density at radius 2 is 1.73 bits per heavy atom. The van der Waals surface area contributed by atoms with E-state index in [1.165, 1.54) is 16.8 Å². The van der Waals surface area contributed by atoms with Gasteiger partial charge in [-0.2, -0.15) is 0 Å². The van der Waals surface area contributed by atoms with Crippen molar-refractivity contribution in [2.45, 2.75) is 39.2 Å². The normalized spacial score (nSPS) is 13.9. The lowest BCUT2D eigenvalue weighted by Crippen LogP contribution is -2.34. The minimum absolute atomic E-state index is 0.0461. The zero-order valence-electron chi connectivity index (χ0n) is 20.9. The number of rotatable bonds is 9. The lowest BCUT2D eigenvalue weighted by Gasteiger charge is -2.33. The number of aliphatic carboxylic acids is 1. The van der Waals surface area contributed by atoms with Crippen LogP contribution in [0.3, 0.4) is 0 Å². The van der Waals surface area contributed by atoms with Crippen LogP contribution in [0.25, 0.3) is 0 Å². The third-order valence-electron chi connectivity index (χ3n) is 6.69. The summed E-state index contributed by atoms with van der Waals surface area (Å²) in [4.78, 5) is 34.0. The number of carbonyl (C=O) groups excluding carboxylic acids is 1. The summed E-state index contributed by atoms with van der Waals surface area (Å²) < 4.78 is 0. The van der Waals surface area contributed by atoms with Crippen LogP contribution in [0.15, 0.2) is 48.5 Å². The molecular formula is C28H32N4O5. The molecule has 0 saturated carbocycles. The van der Waals surface area contributed by atoms with E-state index in [4.69, 9.17) is 5.11 Å². The monoisotopic (exact) mass is 504 g/mol. The van der Waals surface area contributed by atoms with E-state index in [1.54, 1.807) is 6.92 Å². The van der Waals surface area contributed by atoms with Crippen molar-refractivity contribution in [2.24, 2.45) is 5.92 Å². The number of nitrogens with one attached hydrogen (secondary N) is 1. The number of amides is 1. The second-order valence-electron chi connectivity index (χ2n) is 9.45. The van der Waals surface area contributed by atoms with Crippen LogP contribution in [0, 0.1) is 12.8 Å². The van der Waals surface area contributed by atoms with Gasteiger partial charge in [0.15, 0.2) is 11.4 Å². The molecule has 4 N–H and O–H groups in total. The SMILES string of the molecule is Cc1nc(CC2CCN(c3ccc(Cc4cccc(CO)c4)cc3)CC2)nc(C(=O)NCC(=O)O)c1O. The van der Waals surface area contributed by atoms with Gasteiger partial charge in [0.05, 0.1) is 12.3 Å². The molecule has 0 bridgehead atoms. The lowest BCUT2D eigenvalue weighted by molar-refractivity contribution is -0.135. The number of benzene rings is 2. The van der Waals surface area contributed by atoms with E-state index in [0.29, 0.717) is 23.9 Å². The van der Waals surface area contributed by atoms with E-state index in [0.717, 1.165) is 37.9 Å². The molecule has 4 rings (SSSR count). The third-order valence-corrected chi connectivity index (χ3v) is 6.69. The maximum absolute atomic E-state index is 12.3. The van der Waals surface area contributed by atoms with Gasteiger partial charge >= 0.3 is 5.97 Å². The first kappa shape index (κ1) is 26.1. The highest BCUT2D eigenvalue weighted by atomic mass is 16.4. The number of carboxylic acid groups (broad SMARTS) is 1. The zero-order chi connectivity index (χ0) is 26.4. The first-order valence-corrected chi connectivity index (χ1v) is 12.4. The molecule has 1 aliphatic heterocycles. The first-order valence-electron chi connectivity index (χ1n) is 12.4. The van der Waals surface area contributed by atoms with Crippen LogP contribution in [0.5, 0.6) is 5.75 Å². The number of hydrogen-bond acceptors (Lipinski definition) is 7. The van der Waals surface area contributed by atoms with Crippen LogP contribution in [-0.4, -0.2) is 56.8 Å². The highest BCUT2D eigenvalue weighted by molar-refractivity contribution is 5.96. The summed E-state index contributed by atoms with van der Waals surface area (Å²) in [6.07, 6.45) is 3.29. The topological polar surface area (TPSA) is 136 Å². The quantitative estimate of drug-likeness (QED) is 0.349. The molecule has 1 aromatic heterocycles. The molecule has 0 aliphatic carbocycles. The largest absolute Gasteiger partial charge is 0.504 e. The third kappa shape index (κ3) is 6.83. The van der Waals surface area contributed by atoms with E-state index < -0.39 is 18.4 Å². The molecule has 0 atom stereocenters. The van der Waals surface area contributed by atoms with Gasteiger partial charge in [0.25, 0.3) is 5.91 Å². The molecule has 9 heteroatoms. The van der Waals surface area contributed by atoms with Gasteiger partial charge in [0.1, 0.15) is 12.4 Å². The number of aliphatic hydroxyl groups excluding tert-OH is 1. The molecule has 1 saturated heterocycles. The summed E-state index contributed by atoms with van der Waals surface area (Å²) in [5, 5.41) is 30.6. The van der Waals surface area contributed by atoms with Gasteiger partial charge in [-0.05, 0) is 60.9 Å². The smallest absolute Gasteiger partial charge is 0.322 e. The van der Waals surface area contributed by atoms with Gasteiger partial charge < -0.3 is 25.5 Å². The molecule has 1 amide bonds. The first-order chi connectivity index (χ1) is 17.8. The van der Waals surface area contributed by atoms with Gasteiger partial charge in [-0.3, -0.25) is 9.59 Å². The number of nitrogens with zero attached hydrogens (tertiary/aromatic N) is 3. The number of anilines is 1. The number of carbonyl (C=O) groups is 2. The fraction of sp³-hybridized carbons (Fsp3) is 0.357. The van der Waals surface area contributed by atoms with Crippen LogP contribution in [0.2, 0.25) is 0 Å². The maximum Gasteiger partial charge on any atom is 0.322 e. The minimum atomic E-state index is -1.17. The molecular weight excluding hydrogens is 472 g/mol. The van der Waals surface area contributed by atoms with E-state index >= 15 is 0 Å². The molecule has 2 aromatic carbocycles.